The molecular weight excluding hydrogens is 316 g/mol. The van der Waals surface area contributed by atoms with Crippen molar-refractivity contribution in [3.8, 4) is 0 Å². The van der Waals surface area contributed by atoms with Crippen LogP contribution in [0.2, 0.25) is 0 Å². The molecule has 0 saturated carbocycles. The summed E-state index contributed by atoms with van der Waals surface area (Å²) in [6.45, 7) is 7.35. The van der Waals surface area contributed by atoms with Gasteiger partial charge in [0.1, 0.15) is 5.60 Å². The Kier molecular flexibility index (Phi) is 6.16. The van der Waals surface area contributed by atoms with Crippen LogP contribution in [0.15, 0.2) is 29.8 Å². The zero-order valence-electron chi connectivity index (χ0n) is 14.1. The number of hydrogen-bond donors (Lipinski definition) is 0. The Balaban J connectivity index is 2.99. The zero-order chi connectivity index (χ0) is 18.5. The third kappa shape index (κ3) is 5.79. The maximum atomic E-state index is 12.2. The monoisotopic (exact) mass is 336 g/mol. The van der Waals surface area contributed by atoms with Gasteiger partial charge >= 0.3 is 5.97 Å². The van der Waals surface area contributed by atoms with E-state index in [1.165, 1.54) is 0 Å². The Labute approximate surface area is 139 Å². The van der Waals surface area contributed by atoms with E-state index in [2.05, 4.69) is 0 Å². The first kappa shape index (κ1) is 19.3. The van der Waals surface area contributed by atoms with Gasteiger partial charge in [-0.15, -0.1) is 0 Å². The summed E-state index contributed by atoms with van der Waals surface area (Å²) in [5.74, 6) is -0.830. The Morgan fingerprint density at radius 1 is 1.12 bits per heavy atom. The molecule has 130 valence electrons. The zero-order valence-corrected chi connectivity index (χ0v) is 14.1. The van der Waals surface area contributed by atoms with Crippen LogP contribution in [0, 0.1) is 20.2 Å². The Bertz CT molecular complexity index is 658. The summed E-state index contributed by atoms with van der Waals surface area (Å²) in [4.78, 5) is 32.4. The molecule has 0 spiro atoms. The maximum Gasteiger partial charge on any atom is 0.339 e. The van der Waals surface area contributed by atoms with E-state index < -0.39 is 32.8 Å². The molecule has 0 saturated heterocycles. The van der Waals surface area contributed by atoms with Crippen LogP contribution in [-0.4, -0.2) is 21.4 Å². The summed E-state index contributed by atoms with van der Waals surface area (Å²) in [6, 6.07) is 2.75. The normalized spacial score (nSPS) is 10.8. The quantitative estimate of drug-likeness (QED) is 0.319. The van der Waals surface area contributed by atoms with Gasteiger partial charge in [-0.05, 0) is 40.5 Å². The van der Waals surface area contributed by atoms with E-state index in [-0.39, 0.29) is 5.56 Å². The standard InChI is InChI=1S/C16H20N2O6/c1-11(2)6-5-7-16(3,4)24-15(19)12-8-13(17(20)21)10-14(9-12)18(22)23/h6,8-10H,5,7H2,1-4H3. The highest BCUT2D eigenvalue weighted by Gasteiger charge is 2.26. The van der Waals surface area contributed by atoms with Gasteiger partial charge in [0.15, 0.2) is 0 Å². The molecule has 0 radical (unpaired) electrons. The predicted molar refractivity (Wildman–Crippen MR) is 87.9 cm³/mol. The van der Waals surface area contributed by atoms with Gasteiger partial charge in [-0.25, -0.2) is 4.79 Å². The van der Waals surface area contributed by atoms with Crippen LogP contribution in [0.4, 0.5) is 11.4 Å². The minimum atomic E-state index is -0.830. The van der Waals surface area contributed by atoms with Crippen molar-refractivity contribution in [3.63, 3.8) is 0 Å². The number of allylic oxidation sites excluding steroid dienone is 2. The van der Waals surface area contributed by atoms with Crippen molar-refractivity contribution in [1.82, 2.24) is 0 Å². The van der Waals surface area contributed by atoms with Crippen molar-refractivity contribution in [2.45, 2.75) is 46.1 Å². The summed E-state index contributed by atoms with van der Waals surface area (Å²) in [5.41, 5.74) is -0.933. The van der Waals surface area contributed by atoms with Crippen LogP contribution in [0.25, 0.3) is 0 Å². The summed E-state index contributed by atoms with van der Waals surface area (Å²) in [7, 11) is 0. The van der Waals surface area contributed by atoms with E-state index >= 15 is 0 Å². The van der Waals surface area contributed by atoms with Gasteiger partial charge in [0.05, 0.1) is 21.5 Å². The van der Waals surface area contributed by atoms with Gasteiger partial charge < -0.3 is 4.74 Å². The number of ether oxygens (including phenoxy) is 1. The minimum absolute atomic E-state index is 0.216. The Morgan fingerprint density at radius 2 is 1.62 bits per heavy atom. The molecule has 0 aromatic heterocycles. The Morgan fingerprint density at radius 3 is 2.04 bits per heavy atom. The number of nitro groups is 2. The van der Waals surface area contributed by atoms with Gasteiger partial charge in [0.2, 0.25) is 0 Å². The summed E-state index contributed by atoms with van der Waals surface area (Å²) in [6.07, 6.45) is 3.27. The van der Waals surface area contributed by atoms with Crippen LogP contribution in [0.5, 0.6) is 0 Å². The van der Waals surface area contributed by atoms with Crippen molar-refractivity contribution < 1.29 is 19.4 Å². The van der Waals surface area contributed by atoms with Crippen LogP contribution in [-0.2, 0) is 4.74 Å². The van der Waals surface area contributed by atoms with Crippen molar-refractivity contribution in [3.05, 3.63) is 55.6 Å². The first-order valence-corrected chi connectivity index (χ1v) is 7.32. The van der Waals surface area contributed by atoms with Gasteiger partial charge in [-0.1, -0.05) is 11.6 Å². The molecule has 0 aliphatic rings. The molecule has 8 nitrogen and oxygen atoms in total. The molecule has 0 atom stereocenters. The lowest BCUT2D eigenvalue weighted by molar-refractivity contribution is -0.394. The van der Waals surface area contributed by atoms with Crippen LogP contribution >= 0.6 is 0 Å². The molecule has 8 heteroatoms. The molecule has 24 heavy (non-hydrogen) atoms. The molecular formula is C16H20N2O6. The van der Waals surface area contributed by atoms with Crippen molar-refractivity contribution in [1.29, 1.82) is 0 Å². The number of rotatable bonds is 7. The van der Waals surface area contributed by atoms with Crippen molar-refractivity contribution in [2.24, 2.45) is 0 Å². The number of nitro benzene ring substituents is 2. The highest BCUT2D eigenvalue weighted by Crippen LogP contribution is 2.25. The third-order valence-electron chi connectivity index (χ3n) is 3.23. The fourth-order valence-electron chi connectivity index (χ4n) is 1.99. The average molecular weight is 336 g/mol. The van der Waals surface area contributed by atoms with E-state index in [9.17, 15) is 25.0 Å². The summed E-state index contributed by atoms with van der Waals surface area (Å²) >= 11 is 0. The van der Waals surface area contributed by atoms with Gasteiger partial charge in [-0.3, -0.25) is 20.2 Å². The van der Waals surface area contributed by atoms with Crippen molar-refractivity contribution in [2.75, 3.05) is 0 Å². The Hall–Kier alpha value is -2.77. The second-order valence-electron chi connectivity index (χ2n) is 6.22. The summed E-state index contributed by atoms with van der Waals surface area (Å²) in [5, 5.41) is 21.7. The molecule has 0 amide bonds. The first-order chi connectivity index (χ1) is 11.0. The van der Waals surface area contributed by atoms with E-state index in [1.54, 1.807) is 13.8 Å². The lowest BCUT2D eigenvalue weighted by Crippen LogP contribution is -2.28. The van der Waals surface area contributed by atoms with Crippen LogP contribution in [0.1, 0.15) is 50.9 Å². The molecule has 0 N–H and O–H groups in total. The fraction of sp³-hybridized carbons (Fsp3) is 0.438. The molecule has 1 aromatic rings. The minimum Gasteiger partial charge on any atom is -0.456 e. The number of carbonyl (C=O) groups is 1. The molecule has 0 aliphatic carbocycles. The molecule has 1 rings (SSSR count). The molecule has 0 bridgehead atoms. The average Bonchev–Trinajstić information content (AvgIpc) is 2.45. The molecule has 1 aromatic carbocycles. The number of benzene rings is 1. The number of carbonyl (C=O) groups excluding carboxylic acids is 1. The molecule has 0 fully saturated rings. The number of nitrogens with zero attached hydrogens (tertiary/aromatic N) is 2. The molecule has 0 unspecified atom stereocenters. The van der Waals surface area contributed by atoms with E-state index in [0.29, 0.717) is 12.8 Å². The summed E-state index contributed by atoms with van der Waals surface area (Å²) < 4.78 is 5.36. The number of non-ortho nitro benzene ring substituents is 2. The van der Waals surface area contributed by atoms with Crippen LogP contribution in [0.3, 0.4) is 0 Å². The second-order valence-corrected chi connectivity index (χ2v) is 6.22. The van der Waals surface area contributed by atoms with E-state index in [1.807, 2.05) is 19.9 Å². The lowest BCUT2D eigenvalue weighted by atomic mass is 10.0. The lowest BCUT2D eigenvalue weighted by Gasteiger charge is -2.24. The smallest absolute Gasteiger partial charge is 0.339 e. The van der Waals surface area contributed by atoms with Gasteiger partial charge in [-0.2, -0.15) is 0 Å². The molecule has 0 heterocycles. The first-order valence-electron chi connectivity index (χ1n) is 7.32. The van der Waals surface area contributed by atoms with E-state index in [4.69, 9.17) is 4.74 Å². The van der Waals surface area contributed by atoms with Crippen LogP contribution < -0.4 is 0 Å². The maximum absolute atomic E-state index is 12.2. The predicted octanol–water partition coefficient (Wildman–Crippen LogP) is 4.18. The largest absolute Gasteiger partial charge is 0.456 e. The van der Waals surface area contributed by atoms with E-state index in [0.717, 1.165) is 23.8 Å². The highest BCUT2D eigenvalue weighted by atomic mass is 16.6. The van der Waals surface area contributed by atoms with Gasteiger partial charge in [0, 0.05) is 12.1 Å². The molecule has 0 aliphatic heterocycles. The second kappa shape index (κ2) is 7.67. The number of hydrogen-bond acceptors (Lipinski definition) is 6. The number of esters is 1. The topological polar surface area (TPSA) is 113 Å². The van der Waals surface area contributed by atoms with Gasteiger partial charge in [0.25, 0.3) is 11.4 Å². The van der Waals surface area contributed by atoms with Crippen molar-refractivity contribution >= 4 is 17.3 Å². The fourth-order valence-corrected chi connectivity index (χ4v) is 1.99. The third-order valence-corrected chi connectivity index (χ3v) is 3.23. The highest BCUT2D eigenvalue weighted by molar-refractivity contribution is 5.91. The SMILES string of the molecule is CC(C)=CCCC(C)(C)OC(=O)c1cc([N+](=O)[O-])cc([N+](=O)[O-])c1.